The van der Waals surface area contributed by atoms with E-state index in [1.807, 2.05) is 0 Å². The Kier molecular flexibility index (Phi) is 3.88. The van der Waals surface area contributed by atoms with E-state index in [1.165, 1.54) is 0 Å². The van der Waals surface area contributed by atoms with Crippen LogP contribution in [0.2, 0.25) is 0 Å². The first kappa shape index (κ1) is 15.2. The molecule has 0 spiro atoms. The van der Waals surface area contributed by atoms with Crippen LogP contribution in [-0.2, 0) is 9.67 Å². The monoisotopic (exact) mass is 330 g/mol. The molecule has 3 rings (SSSR count). The van der Waals surface area contributed by atoms with Crippen LogP contribution in [0.25, 0.3) is 11.1 Å². The quantitative estimate of drug-likeness (QED) is 0.715. The predicted octanol–water partition coefficient (Wildman–Crippen LogP) is 3.78. The number of aromatic amines is 1. The zero-order chi connectivity index (χ0) is 16.4. The zero-order valence-corrected chi connectivity index (χ0v) is 12.6. The molecular formula is C17H12ClFN2O2. The van der Waals surface area contributed by atoms with Gasteiger partial charge in [-0.3, -0.25) is 5.10 Å². The number of carboxylic acid groups (broad SMARTS) is 1. The normalized spacial score (nSPS) is 13.5. The number of aliphatic carboxylic acids is 1. The lowest BCUT2D eigenvalue weighted by Gasteiger charge is -2.23. The topological polar surface area (TPSA) is 66.0 Å². The second-order valence-electron chi connectivity index (χ2n) is 4.96. The van der Waals surface area contributed by atoms with E-state index in [0.29, 0.717) is 11.1 Å². The summed E-state index contributed by atoms with van der Waals surface area (Å²) in [6, 6.07) is 16.8. The Morgan fingerprint density at radius 3 is 2.22 bits per heavy atom. The number of aromatic nitrogens is 2. The summed E-state index contributed by atoms with van der Waals surface area (Å²) in [4.78, 5) is 9.94. The smallest absolute Gasteiger partial charge is 0.335 e. The third-order valence-electron chi connectivity index (χ3n) is 3.60. The SMILES string of the molecule is O=C(O)C(Cl)(c1ccccc1)c1[nH]nc(F)c1-c1ccccc1. The maximum Gasteiger partial charge on any atom is 0.335 e. The summed E-state index contributed by atoms with van der Waals surface area (Å²) in [7, 11) is 0. The van der Waals surface area contributed by atoms with Crippen LogP contribution < -0.4 is 0 Å². The van der Waals surface area contributed by atoms with Crippen molar-refractivity contribution in [3.63, 3.8) is 0 Å². The Labute approximate surface area is 136 Å². The van der Waals surface area contributed by atoms with Gasteiger partial charge < -0.3 is 5.11 Å². The summed E-state index contributed by atoms with van der Waals surface area (Å²) in [6.45, 7) is 0. The van der Waals surface area contributed by atoms with Gasteiger partial charge in [0.15, 0.2) is 0 Å². The molecule has 6 heteroatoms. The van der Waals surface area contributed by atoms with Gasteiger partial charge in [0.1, 0.15) is 0 Å². The summed E-state index contributed by atoms with van der Waals surface area (Å²) in [5.74, 6) is -2.11. The molecule has 0 aliphatic carbocycles. The molecular weight excluding hydrogens is 319 g/mol. The number of carboxylic acids is 1. The fraction of sp³-hybridized carbons (Fsp3) is 0.0588. The molecule has 1 unspecified atom stereocenters. The third-order valence-corrected chi connectivity index (χ3v) is 4.16. The van der Waals surface area contributed by atoms with Crippen LogP contribution in [0.15, 0.2) is 60.7 Å². The number of nitrogens with one attached hydrogen (secondary N) is 1. The molecule has 0 radical (unpaired) electrons. The van der Waals surface area contributed by atoms with Gasteiger partial charge in [0.25, 0.3) is 0 Å². The van der Waals surface area contributed by atoms with Gasteiger partial charge in [-0.25, -0.2) is 4.79 Å². The number of hydrogen-bond acceptors (Lipinski definition) is 2. The first-order valence-corrected chi connectivity index (χ1v) is 7.20. The minimum atomic E-state index is -1.97. The van der Waals surface area contributed by atoms with Gasteiger partial charge in [0.2, 0.25) is 10.8 Å². The highest BCUT2D eigenvalue weighted by Gasteiger charge is 2.44. The lowest BCUT2D eigenvalue weighted by molar-refractivity contribution is -0.139. The van der Waals surface area contributed by atoms with Crippen LogP contribution in [0.1, 0.15) is 11.3 Å². The maximum atomic E-state index is 14.2. The maximum absolute atomic E-state index is 14.2. The minimum Gasteiger partial charge on any atom is -0.479 e. The van der Waals surface area contributed by atoms with E-state index in [1.54, 1.807) is 60.7 Å². The molecule has 1 atom stereocenters. The first-order valence-electron chi connectivity index (χ1n) is 6.82. The van der Waals surface area contributed by atoms with E-state index in [9.17, 15) is 14.3 Å². The Balaban J connectivity index is 2.26. The number of halogens is 2. The van der Waals surface area contributed by atoms with Crippen molar-refractivity contribution < 1.29 is 14.3 Å². The van der Waals surface area contributed by atoms with Gasteiger partial charge in [0, 0.05) is 0 Å². The van der Waals surface area contributed by atoms with Crippen molar-refractivity contribution >= 4 is 17.6 Å². The van der Waals surface area contributed by atoms with E-state index in [2.05, 4.69) is 10.2 Å². The fourth-order valence-electron chi connectivity index (χ4n) is 2.48. The number of carbonyl (C=O) groups is 1. The molecule has 0 amide bonds. The lowest BCUT2D eigenvalue weighted by Crippen LogP contribution is -2.32. The highest BCUT2D eigenvalue weighted by molar-refractivity contribution is 6.36. The van der Waals surface area contributed by atoms with E-state index in [0.717, 1.165) is 0 Å². The van der Waals surface area contributed by atoms with Gasteiger partial charge in [-0.1, -0.05) is 72.3 Å². The molecule has 3 aromatic rings. The molecule has 1 aromatic heterocycles. The van der Waals surface area contributed by atoms with E-state index in [-0.39, 0.29) is 11.3 Å². The van der Waals surface area contributed by atoms with Gasteiger partial charge in [-0.05, 0) is 11.1 Å². The van der Waals surface area contributed by atoms with Crippen LogP contribution in [0.3, 0.4) is 0 Å². The summed E-state index contributed by atoms with van der Waals surface area (Å²) >= 11 is 6.46. The second kappa shape index (κ2) is 5.85. The Morgan fingerprint density at radius 1 is 1.09 bits per heavy atom. The average Bonchev–Trinajstić information content (AvgIpc) is 2.97. The van der Waals surface area contributed by atoms with Gasteiger partial charge in [-0.2, -0.15) is 4.39 Å². The molecule has 0 fully saturated rings. The zero-order valence-electron chi connectivity index (χ0n) is 11.8. The van der Waals surface area contributed by atoms with Crippen molar-refractivity contribution in [3.8, 4) is 11.1 Å². The summed E-state index contributed by atoms with van der Waals surface area (Å²) in [5.41, 5.74) is 0.847. The predicted molar refractivity (Wildman–Crippen MR) is 84.7 cm³/mol. The summed E-state index contributed by atoms with van der Waals surface area (Å²) in [6.07, 6.45) is 0. The van der Waals surface area contributed by atoms with Crippen LogP contribution >= 0.6 is 11.6 Å². The molecule has 4 nitrogen and oxygen atoms in total. The van der Waals surface area contributed by atoms with E-state index < -0.39 is 16.8 Å². The van der Waals surface area contributed by atoms with E-state index in [4.69, 9.17) is 11.6 Å². The Bertz CT molecular complexity index is 836. The number of nitrogens with zero attached hydrogens (tertiary/aromatic N) is 1. The van der Waals surface area contributed by atoms with Crippen LogP contribution in [0.5, 0.6) is 0 Å². The number of hydrogen-bond donors (Lipinski definition) is 2. The van der Waals surface area contributed by atoms with Gasteiger partial charge in [0.05, 0.1) is 11.3 Å². The highest BCUT2D eigenvalue weighted by atomic mass is 35.5. The van der Waals surface area contributed by atoms with Gasteiger partial charge in [-0.15, -0.1) is 5.10 Å². The molecule has 2 aromatic carbocycles. The molecule has 116 valence electrons. The van der Waals surface area contributed by atoms with Crippen molar-refractivity contribution in [2.24, 2.45) is 0 Å². The third kappa shape index (κ3) is 2.49. The lowest BCUT2D eigenvalue weighted by atomic mass is 9.90. The van der Waals surface area contributed by atoms with Crippen LogP contribution in [-0.4, -0.2) is 21.3 Å². The minimum absolute atomic E-state index is 0.0124. The summed E-state index contributed by atoms with van der Waals surface area (Å²) in [5, 5.41) is 15.7. The molecule has 0 aliphatic heterocycles. The van der Waals surface area contributed by atoms with E-state index >= 15 is 0 Å². The van der Waals surface area contributed by atoms with Gasteiger partial charge >= 0.3 is 5.97 Å². The molecule has 2 N–H and O–H groups in total. The number of alkyl halides is 1. The van der Waals surface area contributed by atoms with Crippen molar-refractivity contribution in [2.45, 2.75) is 4.87 Å². The number of benzene rings is 2. The molecule has 0 saturated heterocycles. The Hall–Kier alpha value is -2.66. The molecule has 0 aliphatic rings. The molecule has 1 heterocycles. The Morgan fingerprint density at radius 2 is 1.65 bits per heavy atom. The fourth-order valence-corrected chi connectivity index (χ4v) is 2.74. The van der Waals surface area contributed by atoms with Crippen molar-refractivity contribution in [2.75, 3.05) is 0 Å². The van der Waals surface area contributed by atoms with Crippen molar-refractivity contribution in [3.05, 3.63) is 77.9 Å². The van der Waals surface area contributed by atoms with Crippen molar-refractivity contribution in [1.82, 2.24) is 10.2 Å². The molecule has 23 heavy (non-hydrogen) atoms. The largest absolute Gasteiger partial charge is 0.479 e. The van der Waals surface area contributed by atoms with Crippen LogP contribution in [0, 0.1) is 5.95 Å². The molecule has 0 saturated carbocycles. The highest BCUT2D eigenvalue weighted by Crippen LogP contribution is 2.41. The molecule has 0 bridgehead atoms. The number of rotatable bonds is 4. The van der Waals surface area contributed by atoms with Crippen molar-refractivity contribution in [1.29, 1.82) is 0 Å². The van der Waals surface area contributed by atoms with Crippen LogP contribution in [0.4, 0.5) is 4.39 Å². The first-order chi connectivity index (χ1) is 11.0. The second-order valence-corrected chi connectivity index (χ2v) is 5.53. The standard InChI is InChI=1S/C17H12ClFN2O2/c18-17(16(22)23,12-9-5-2-6-10-12)14-13(15(19)21-20-14)11-7-3-1-4-8-11/h1-10H,(H,20,21)(H,22,23). The number of H-pyrrole nitrogens is 1. The average molecular weight is 331 g/mol. The summed E-state index contributed by atoms with van der Waals surface area (Å²) < 4.78 is 14.2.